The van der Waals surface area contributed by atoms with Crippen LogP contribution in [0, 0.1) is 0 Å². The summed E-state index contributed by atoms with van der Waals surface area (Å²) in [6.45, 7) is 11.8. The van der Waals surface area contributed by atoms with Crippen molar-refractivity contribution in [3.05, 3.63) is 5.82 Å². The molecule has 1 N–H and O–H groups in total. The van der Waals surface area contributed by atoms with E-state index in [-0.39, 0.29) is 30.5 Å². The summed E-state index contributed by atoms with van der Waals surface area (Å²) in [5.74, 6) is 1.67. The summed E-state index contributed by atoms with van der Waals surface area (Å²) in [6, 6.07) is 0. The summed E-state index contributed by atoms with van der Waals surface area (Å²) < 4.78 is 27.3. The molecule has 2 rings (SSSR count). The highest BCUT2D eigenvalue weighted by Gasteiger charge is 2.30. The van der Waals surface area contributed by atoms with Crippen molar-refractivity contribution in [1.29, 1.82) is 0 Å². The highest BCUT2D eigenvalue weighted by molar-refractivity contribution is 14.0. The van der Waals surface area contributed by atoms with Gasteiger partial charge in [-0.1, -0.05) is 6.92 Å². The Morgan fingerprint density at radius 3 is 2.37 bits per heavy atom. The Bertz CT molecular complexity index is 727. The molecule has 0 radical (unpaired) electrons. The van der Waals surface area contributed by atoms with Gasteiger partial charge in [0.15, 0.2) is 15.8 Å². The fourth-order valence-electron chi connectivity index (χ4n) is 2.43. The van der Waals surface area contributed by atoms with Crippen LogP contribution in [-0.2, 0) is 16.3 Å². The van der Waals surface area contributed by atoms with Crippen LogP contribution in [0.25, 0.3) is 0 Å². The van der Waals surface area contributed by atoms with Gasteiger partial charge in [-0.25, -0.2) is 13.4 Å². The van der Waals surface area contributed by atoms with Gasteiger partial charge in [-0.2, -0.15) is 4.37 Å². The van der Waals surface area contributed by atoms with Crippen molar-refractivity contribution in [3.63, 3.8) is 0 Å². The minimum absolute atomic E-state index is 0. The maximum atomic E-state index is 11.9. The number of aliphatic imine (C=N–C) groups is 1. The quantitative estimate of drug-likeness (QED) is 0.340. The van der Waals surface area contributed by atoms with Gasteiger partial charge in [0.25, 0.3) is 0 Å². The van der Waals surface area contributed by atoms with Crippen LogP contribution in [0.2, 0.25) is 0 Å². The highest BCUT2D eigenvalue weighted by Crippen LogP contribution is 2.20. The van der Waals surface area contributed by atoms with E-state index in [1.165, 1.54) is 17.8 Å². The third-order valence-corrected chi connectivity index (χ3v) is 7.52. The lowest BCUT2D eigenvalue weighted by Gasteiger charge is -2.36. The molecule has 1 aromatic rings. The van der Waals surface area contributed by atoms with E-state index in [2.05, 4.69) is 36.4 Å². The average molecular weight is 531 g/mol. The van der Waals surface area contributed by atoms with E-state index in [1.54, 1.807) is 13.8 Å². The smallest absolute Gasteiger partial charge is 0.205 e. The molecular weight excluding hydrogens is 499 g/mol. The molecule has 27 heavy (non-hydrogen) atoms. The number of aryl methyl sites for hydroxylation is 1. The predicted molar refractivity (Wildman–Crippen MR) is 123 cm³/mol. The van der Waals surface area contributed by atoms with Gasteiger partial charge < -0.3 is 15.1 Å². The topological polar surface area (TPSA) is 90.8 Å². The summed E-state index contributed by atoms with van der Waals surface area (Å²) in [5, 5.41) is 4.26. The zero-order valence-electron chi connectivity index (χ0n) is 16.7. The third kappa shape index (κ3) is 6.41. The maximum Gasteiger partial charge on any atom is 0.205 e. The Balaban J connectivity index is 0.00000364. The summed E-state index contributed by atoms with van der Waals surface area (Å²) in [4.78, 5) is 13.6. The molecule has 11 heteroatoms. The van der Waals surface area contributed by atoms with Crippen LogP contribution < -0.4 is 10.2 Å². The molecule has 1 aliphatic rings. The fourth-order valence-corrected chi connectivity index (χ4v) is 3.53. The van der Waals surface area contributed by atoms with Crippen molar-refractivity contribution in [1.82, 2.24) is 19.6 Å². The van der Waals surface area contributed by atoms with Crippen molar-refractivity contribution >= 4 is 56.4 Å². The number of anilines is 1. The van der Waals surface area contributed by atoms with Gasteiger partial charge >= 0.3 is 0 Å². The first-order valence-electron chi connectivity index (χ1n) is 8.98. The van der Waals surface area contributed by atoms with Gasteiger partial charge in [-0.3, -0.25) is 4.99 Å². The van der Waals surface area contributed by atoms with E-state index in [4.69, 9.17) is 0 Å². The normalized spacial score (nSPS) is 16.3. The minimum Gasteiger partial charge on any atom is -0.357 e. The lowest BCUT2D eigenvalue weighted by molar-refractivity contribution is 0.371. The Morgan fingerprint density at radius 2 is 1.89 bits per heavy atom. The highest BCUT2D eigenvalue weighted by atomic mass is 127. The van der Waals surface area contributed by atoms with E-state index in [0.29, 0.717) is 0 Å². The van der Waals surface area contributed by atoms with E-state index in [0.717, 1.165) is 56.1 Å². The molecule has 1 aromatic heterocycles. The number of halogens is 1. The van der Waals surface area contributed by atoms with Crippen molar-refractivity contribution in [2.75, 3.05) is 50.4 Å². The molecule has 0 aromatic carbocycles. The first-order chi connectivity index (χ1) is 12.2. The van der Waals surface area contributed by atoms with Crippen LogP contribution in [0.4, 0.5) is 5.13 Å². The number of piperazine rings is 1. The van der Waals surface area contributed by atoms with Gasteiger partial charge in [0.05, 0.1) is 11.3 Å². The first kappa shape index (κ1) is 24.3. The molecule has 1 saturated heterocycles. The van der Waals surface area contributed by atoms with Crippen LogP contribution in [0.5, 0.6) is 0 Å². The second kappa shape index (κ2) is 10.2. The second-order valence-corrected chi connectivity index (χ2v) is 10.4. The molecule has 0 aliphatic carbocycles. The van der Waals surface area contributed by atoms with E-state index in [1.807, 2.05) is 6.92 Å². The molecule has 0 unspecified atom stereocenters. The number of sulfone groups is 1. The molecule has 0 bridgehead atoms. The van der Waals surface area contributed by atoms with Crippen LogP contribution in [0.3, 0.4) is 0 Å². The molecule has 1 fully saturated rings. The summed E-state index contributed by atoms with van der Waals surface area (Å²) in [7, 11) is -3.16. The standard InChI is InChI=1S/C16H30N6O2S2.HI/c1-6-13-19-15(25-20-13)22-10-8-21(9-11-22)14(17-7-2)18-12-16(3,4)26(5,23)24;/h6-12H2,1-5H3,(H,17,18);1H. The van der Waals surface area contributed by atoms with Crippen LogP contribution in [0.15, 0.2) is 4.99 Å². The molecule has 156 valence electrons. The Labute approximate surface area is 183 Å². The van der Waals surface area contributed by atoms with Crippen molar-refractivity contribution < 1.29 is 8.42 Å². The van der Waals surface area contributed by atoms with Crippen LogP contribution in [-0.4, -0.2) is 78.9 Å². The first-order valence-corrected chi connectivity index (χ1v) is 11.6. The van der Waals surface area contributed by atoms with E-state index >= 15 is 0 Å². The minimum atomic E-state index is -3.16. The lowest BCUT2D eigenvalue weighted by Crippen LogP contribution is -2.53. The van der Waals surface area contributed by atoms with Gasteiger partial charge in [0, 0.05) is 56.9 Å². The van der Waals surface area contributed by atoms with Crippen molar-refractivity contribution in [2.24, 2.45) is 4.99 Å². The van der Waals surface area contributed by atoms with Gasteiger partial charge in [0.1, 0.15) is 5.82 Å². The van der Waals surface area contributed by atoms with Crippen LogP contribution in [0.1, 0.15) is 33.5 Å². The number of aromatic nitrogens is 2. The van der Waals surface area contributed by atoms with Crippen molar-refractivity contribution in [2.45, 2.75) is 38.9 Å². The average Bonchev–Trinajstić information content (AvgIpc) is 3.07. The number of nitrogens with zero attached hydrogens (tertiary/aromatic N) is 5. The zero-order valence-corrected chi connectivity index (χ0v) is 20.7. The molecule has 0 spiro atoms. The SMILES string of the molecule is CCNC(=NCC(C)(C)S(C)(=O)=O)N1CCN(c2nc(CC)ns2)CC1.I. The number of rotatable bonds is 6. The molecule has 8 nitrogen and oxygen atoms in total. The van der Waals surface area contributed by atoms with E-state index < -0.39 is 14.6 Å². The predicted octanol–water partition coefficient (Wildman–Crippen LogP) is 1.63. The Kier molecular flexibility index (Phi) is 9.19. The molecule has 0 atom stereocenters. The Hall–Kier alpha value is -0.690. The summed E-state index contributed by atoms with van der Waals surface area (Å²) in [5.41, 5.74) is 0. The zero-order chi connectivity index (χ0) is 19.4. The molecular formula is C16H31IN6O2S2. The van der Waals surface area contributed by atoms with Gasteiger partial charge in [-0.15, -0.1) is 24.0 Å². The van der Waals surface area contributed by atoms with Crippen LogP contribution >= 0.6 is 35.5 Å². The number of hydrogen-bond donors (Lipinski definition) is 1. The molecule has 2 heterocycles. The second-order valence-electron chi connectivity index (χ2n) is 7.02. The largest absolute Gasteiger partial charge is 0.357 e. The fraction of sp³-hybridized carbons (Fsp3) is 0.812. The maximum absolute atomic E-state index is 11.9. The molecule has 1 aliphatic heterocycles. The van der Waals surface area contributed by atoms with E-state index in [9.17, 15) is 8.42 Å². The summed E-state index contributed by atoms with van der Waals surface area (Å²) >= 11 is 1.45. The third-order valence-electron chi connectivity index (χ3n) is 4.57. The number of nitrogens with one attached hydrogen (secondary N) is 1. The molecule has 0 saturated carbocycles. The number of guanidine groups is 1. The Morgan fingerprint density at radius 1 is 1.26 bits per heavy atom. The monoisotopic (exact) mass is 530 g/mol. The van der Waals surface area contributed by atoms with Gasteiger partial charge in [-0.05, 0) is 20.8 Å². The summed E-state index contributed by atoms with van der Waals surface area (Å²) in [6.07, 6.45) is 2.12. The van der Waals surface area contributed by atoms with Crippen molar-refractivity contribution in [3.8, 4) is 0 Å². The molecule has 0 amide bonds. The van der Waals surface area contributed by atoms with Gasteiger partial charge in [0.2, 0.25) is 5.13 Å². The number of hydrogen-bond acceptors (Lipinski definition) is 7. The lowest BCUT2D eigenvalue weighted by atomic mass is 10.2.